The molecule has 0 amide bonds. The van der Waals surface area contributed by atoms with Crippen molar-refractivity contribution < 1.29 is 9.59 Å². The summed E-state index contributed by atoms with van der Waals surface area (Å²) in [6.07, 6.45) is 3.48. The monoisotopic (exact) mass is 293 g/mol. The van der Waals surface area contributed by atoms with Crippen LogP contribution < -0.4 is 0 Å². The van der Waals surface area contributed by atoms with Crippen molar-refractivity contribution in [3.05, 3.63) is 65.9 Å². The van der Waals surface area contributed by atoms with Gasteiger partial charge < -0.3 is 0 Å². The number of rotatable bonds is 4. The van der Waals surface area contributed by atoms with Gasteiger partial charge in [-0.1, -0.05) is 48.5 Å². The van der Waals surface area contributed by atoms with Crippen LogP contribution in [0.15, 0.2) is 54.7 Å². The Morgan fingerprint density at radius 3 is 1.81 bits per heavy atom. The third kappa shape index (κ3) is 2.80. The lowest BCUT2D eigenvalue weighted by molar-refractivity contribution is 0.111. The van der Waals surface area contributed by atoms with E-state index in [1.165, 1.54) is 0 Å². The lowest BCUT2D eigenvalue weighted by Crippen LogP contribution is -1.79. The number of nitrogens with zero attached hydrogens (tertiary/aromatic N) is 1. The summed E-state index contributed by atoms with van der Waals surface area (Å²) in [7, 11) is 0. The van der Waals surface area contributed by atoms with Crippen LogP contribution in [0.3, 0.4) is 0 Å². The Bertz CT molecular complexity index is 707. The van der Waals surface area contributed by atoms with Gasteiger partial charge in [0.15, 0.2) is 0 Å². The highest BCUT2D eigenvalue weighted by molar-refractivity contribution is 7.18. The third-order valence-electron chi connectivity index (χ3n) is 3.13. The van der Waals surface area contributed by atoms with Gasteiger partial charge in [0.25, 0.3) is 0 Å². The van der Waals surface area contributed by atoms with Crippen LogP contribution in [0.4, 0.5) is 0 Å². The van der Waals surface area contributed by atoms with Gasteiger partial charge in [0.2, 0.25) is 0 Å². The molecule has 0 fully saturated rings. The van der Waals surface area contributed by atoms with Crippen LogP contribution in [-0.4, -0.2) is 17.6 Å². The summed E-state index contributed by atoms with van der Waals surface area (Å²) in [5, 5.41) is 0.905. The zero-order chi connectivity index (χ0) is 14.7. The van der Waals surface area contributed by atoms with E-state index in [2.05, 4.69) is 4.98 Å². The summed E-state index contributed by atoms with van der Waals surface area (Å²) >= 11 is 1.58. The Kier molecular flexibility index (Phi) is 3.71. The molecule has 1 aromatic heterocycles. The summed E-state index contributed by atoms with van der Waals surface area (Å²) < 4.78 is 0. The van der Waals surface area contributed by atoms with E-state index in [0.29, 0.717) is 11.1 Å². The average molecular weight is 293 g/mol. The van der Waals surface area contributed by atoms with E-state index in [1.54, 1.807) is 35.6 Å². The molecule has 0 N–H and O–H groups in total. The van der Waals surface area contributed by atoms with Gasteiger partial charge in [-0.15, -0.1) is 11.3 Å². The van der Waals surface area contributed by atoms with Crippen molar-refractivity contribution in [2.24, 2.45) is 0 Å². The first-order valence-electron chi connectivity index (χ1n) is 6.37. The molecule has 102 valence electrons. The van der Waals surface area contributed by atoms with E-state index in [4.69, 9.17) is 0 Å². The maximum absolute atomic E-state index is 10.7. The summed E-state index contributed by atoms with van der Waals surface area (Å²) in [6.45, 7) is 0. The van der Waals surface area contributed by atoms with Crippen LogP contribution in [0.25, 0.3) is 21.0 Å². The van der Waals surface area contributed by atoms with Gasteiger partial charge in [0, 0.05) is 22.9 Å². The first-order chi connectivity index (χ1) is 10.3. The highest BCUT2D eigenvalue weighted by atomic mass is 32.1. The molecule has 0 unspecified atom stereocenters. The molecule has 0 spiro atoms. The fraction of sp³-hybridized carbons (Fsp3) is 0. The molecular formula is C17H11NO2S. The smallest absolute Gasteiger partial charge is 0.150 e. The van der Waals surface area contributed by atoms with E-state index in [0.717, 1.165) is 33.6 Å². The number of carbonyl (C=O) groups is 2. The molecule has 3 rings (SSSR count). The summed E-state index contributed by atoms with van der Waals surface area (Å²) in [4.78, 5) is 26.8. The maximum atomic E-state index is 10.7. The molecule has 4 heteroatoms. The zero-order valence-corrected chi connectivity index (χ0v) is 11.8. The average Bonchev–Trinajstić information content (AvgIpc) is 3.05. The second-order valence-electron chi connectivity index (χ2n) is 4.51. The van der Waals surface area contributed by atoms with Crippen molar-refractivity contribution >= 4 is 23.9 Å². The molecule has 0 aliphatic heterocycles. The number of aromatic nitrogens is 1. The number of hydrogen-bond acceptors (Lipinski definition) is 4. The number of benzene rings is 2. The number of thiazole rings is 1. The van der Waals surface area contributed by atoms with Crippen LogP contribution in [0.5, 0.6) is 0 Å². The Hall–Kier alpha value is -2.59. The zero-order valence-electron chi connectivity index (χ0n) is 11.0. The van der Waals surface area contributed by atoms with Crippen molar-refractivity contribution in [3.8, 4) is 21.0 Å². The largest absolute Gasteiger partial charge is 0.298 e. The molecule has 0 atom stereocenters. The Morgan fingerprint density at radius 1 is 0.762 bits per heavy atom. The van der Waals surface area contributed by atoms with Gasteiger partial charge >= 0.3 is 0 Å². The second-order valence-corrected chi connectivity index (χ2v) is 5.54. The first kappa shape index (κ1) is 13.4. The van der Waals surface area contributed by atoms with Crippen LogP contribution in [0.2, 0.25) is 0 Å². The van der Waals surface area contributed by atoms with E-state index < -0.39 is 0 Å². The normalized spacial score (nSPS) is 10.3. The van der Waals surface area contributed by atoms with E-state index in [1.807, 2.05) is 30.5 Å². The summed E-state index contributed by atoms with van der Waals surface area (Å²) in [5.41, 5.74) is 3.34. The van der Waals surface area contributed by atoms with Crippen LogP contribution in [-0.2, 0) is 0 Å². The molecule has 3 nitrogen and oxygen atoms in total. The molecule has 21 heavy (non-hydrogen) atoms. The Morgan fingerprint density at radius 2 is 1.29 bits per heavy atom. The predicted molar refractivity (Wildman–Crippen MR) is 83.8 cm³/mol. The van der Waals surface area contributed by atoms with Crippen molar-refractivity contribution in [1.82, 2.24) is 4.98 Å². The maximum Gasteiger partial charge on any atom is 0.150 e. The molecule has 0 saturated heterocycles. The van der Waals surface area contributed by atoms with Gasteiger partial charge in [-0.25, -0.2) is 4.98 Å². The minimum atomic E-state index is 0.653. The van der Waals surface area contributed by atoms with Gasteiger partial charge in [0.05, 0.1) is 4.88 Å². The van der Waals surface area contributed by atoms with Crippen molar-refractivity contribution in [3.63, 3.8) is 0 Å². The van der Waals surface area contributed by atoms with Crippen molar-refractivity contribution in [1.29, 1.82) is 0 Å². The number of aldehydes is 2. The summed E-state index contributed by atoms with van der Waals surface area (Å²) in [5.74, 6) is 0. The second kappa shape index (κ2) is 5.81. The molecule has 0 saturated carbocycles. The molecule has 3 aromatic rings. The SMILES string of the molecule is O=Cc1ccc(-c2cnc(-c3ccc(C=O)cc3)s2)cc1. The first-order valence-corrected chi connectivity index (χ1v) is 7.19. The predicted octanol–water partition coefficient (Wildman–Crippen LogP) is 4.10. The van der Waals surface area contributed by atoms with Gasteiger partial charge in [-0.2, -0.15) is 0 Å². The lowest BCUT2D eigenvalue weighted by Gasteiger charge is -1.97. The Labute approximate surface area is 125 Å². The molecular weight excluding hydrogens is 282 g/mol. The minimum Gasteiger partial charge on any atom is -0.298 e. The van der Waals surface area contributed by atoms with Gasteiger partial charge in [0.1, 0.15) is 17.6 Å². The fourth-order valence-corrected chi connectivity index (χ4v) is 2.90. The number of carbonyl (C=O) groups excluding carboxylic acids is 2. The third-order valence-corrected chi connectivity index (χ3v) is 4.23. The fourth-order valence-electron chi connectivity index (χ4n) is 1.97. The molecule has 0 aliphatic rings. The van der Waals surface area contributed by atoms with Crippen LogP contribution in [0, 0.1) is 0 Å². The molecule has 1 heterocycles. The van der Waals surface area contributed by atoms with Gasteiger partial charge in [-0.3, -0.25) is 9.59 Å². The quantitative estimate of drug-likeness (QED) is 0.680. The topological polar surface area (TPSA) is 47.0 Å². The minimum absolute atomic E-state index is 0.653. The van der Waals surface area contributed by atoms with E-state index in [9.17, 15) is 9.59 Å². The van der Waals surface area contributed by atoms with Crippen LogP contribution >= 0.6 is 11.3 Å². The van der Waals surface area contributed by atoms with Crippen molar-refractivity contribution in [2.45, 2.75) is 0 Å². The molecule has 0 aliphatic carbocycles. The molecule has 0 bridgehead atoms. The highest BCUT2D eigenvalue weighted by Gasteiger charge is 2.06. The van der Waals surface area contributed by atoms with E-state index >= 15 is 0 Å². The molecule has 2 aromatic carbocycles. The lowest BCUT2D eigenvalue weighted by atomic mass is 10.1. The number of hydrogen-bond donors (Lipinski definition) is 0. The molecule has 0 radical (unpaired) electrons. The highest BCUT2D eigenvalue weighted by Crippen LogP contribution is 2.32. The summed E-state index contributed by atoms with van der Waals surface area (Å²) in [6, 6.07) is 14.8. The Balaban J connectivity index is 1.90. The van der Waals surface area contributed by atoms with Gasteiger partial charge in [-0.05, 0) is 5.56 Å². The standard InChI is InChI=1S/C17H11NO2S/c19-10-12-1-5-14(6-2-12)16-9-18-17(21-16)15-7-3-13(11-20)4-8-15/h1-11H. The van der Waals surface area contributed by atoms with Crippen LogP contribution in [0.1, 0.15) is 20.7 Å². The van der Waals surface area contributed by atoms with E-state index in [-0.39, 0.29) is 0 Å². The van der Waals surface area contributed by atoms with Crippen molar-refractivity contribution in [2.75, 3.05) is 0 Å².